The summed E-state index contributed by atoms with van der Waals surface area (Å²) in [7, 11) is 3.37. The molecule has 1 aliphatic heterocycles. The average Bonchev–Trinajstić information content (AvgIpc) is 2.82. The Morgan fingerprint density at radius 3 is 1.88 bits per heavy atom. The van der Waals surface area contributed by atoms with Gasteiger partial charge in [0.05, 0.1) is 25.4 Å². The van der Waals surface area contributed by atoms with Crippen LogP contribution in [-0.2, 0) is 13.1 Å². The van der Waals surface area contributed by atoms with Crippen LogP contribution in [0, 0.1) is 0 Å². The highest BCUT2D eigenvalue weighted by Gasteiger charge is 2.34. The third-order valence-electron chi connectivity index (χ3n) is 6.05. The predicted molar refractivity (Wildman–Crippen MR) is 132 cm³/mol. The van der Waals surface area contributed by atoms with E-state index in [-0.39, 0.29) is 16.9 Å². The van der Waals surface area contributed by atoms with Crippen molar-refractivity contribution in [3.8, 4) is 17.2 Å². The third-order valence-corrected chi connectivity index (χ3v) is 6.56. The SMILES string of the molecule is COc1ccccc1CN1CCCN(Cc2ccccc2OC)C1c1cc(Cl)cc(Cl)c1O. The standard InChI is InChI=1S/C26H28Cl2N2O3/c1-32-23-10-5-3-8-18(23)16-29-12-7-13-30(17-19-9-4-6-11-24(19)33-2)26(29)21-14-20(27)15-22(28)25(21)31/h3-6,8-11,14-15,26,31H,7,12-13,16-17H2,1-2H3. The number of benzene rings is 3. The van der Waals surface area contributed by atoms with Crippen LogP contribution in [0.4, 0.5) is 0 Å². The summed E-state index contributed by atoms with van der Waals surface area (Å²) in [6, 6.07) is 19.4. The summed E-state index contributed by atoms with van der Waals surface area (Å²) in [5.41, 5.74) is 2.85. The Labute approximate surface area is 205 Å². The minimum Gasteiger partial charge on any atom is -0.506 e. The topological polar surface area (TPSA) is 45.2 Å². The number of ether oxygens (including phenoxy) is 2. The van der Waals surface area contributed by atoms with E-state index in [1.165, 1.54) is 0 Å². The molecule has 0 bridgehead atoms. The molecule has 1 saturated heterocycles. The van der Waals surface area contributed by atoms with Crippen LogP contribution >= 0.6 is 23.2 Å². The molecule has 174 valence electrons. The van der Waals surface area contributed by atoms with Gasteiger partial charge in [-0.25, -0.2) is 0 Å². The first-order chi connectivity index (χ1) is 16.0. The zero-order chi connectivity index (χ0) is 23.4. The van der Waals surface area contributed by atoms with Crippen molar-refractivity contribution in [1.29, 1.82) is 0 Å². The number of hydrogen-bond acceptors (Lipinski definition) is 5. The summed E-state index contributed by atoms with van der Waals surface area (Å²) in [5.74, 6) is 1.74. The Hall–Kier alpha value is -2.44. The molecule has 0 amide bonds. The van der Waals surface area contributed by atoms with Gasteiger partial charge in [-0.3, -0.25) is 9.80 Å². The summed E-state index contributed by atoms with van der Waals surface area (Å²) < 4.78 is 11.2. The summed E-state index contributed by atoms with van der Waals surface area (Å²) in [4.78, 5) is 4.66. The van der Waals surface area contributed by atoms with Gasteiger partial charge in [0, 0.05) is 47.9 Å². The molecule has 0 aromatic heterocycles. The van der Waals surface area contributed by atoms with Crippen LogP contribution in [-0.4, -0.2) is 42.2 Å². The summed E-state index contributed by atoms with van der Waals surface area (Å²) in [6.45, 7) is 3.02. The van der Waals surface area contributed by atoms with Gasteiger partial charge in [0.25, 0.3) is 0 Å². The Bertz CT molecular complexity index is 1050. The van der Waals surface area contributed by atoms with Crippen molar-refractivity contribution in [2.45, 2.75) is 25.7 Å². The lowest BCUT2D eigenvalue weighted by Crippen LogP contribution is -2.47. The largest absolute Gasteiger partial charge is 0.506 e. The zero-order valence-electron chi connectivity index (χ0n) is 18.8. The molecule has 0 spiro atoms. The molecule has 33 heavy (non-hydrogen) atoms. The molecule has 4 rings (SSSR count). The van der Waals surface area contributed by atoms with E-state index in [0.29, 0.717) is 23.7 Å². The Morgan fingerprint density at radius 1 is 0.848 bits per heavy atom. The maximum atomic E-state index is 11.0. The molecule has 5 nitrogen and oxygen atoms in total. The number of methoxy groups -OCH3 is 2. The van der Waals surface area contributed by atoms with Crippen molar-refractivity contribution in [3.05, 3.63) is 87.4 Å². The highest BCUT2D eigenvalue weighted by atomic mass is 35.5. The molecule has 1 heterocycles. The van der Waals surface area contributed by atoms with Gasteiger partial charge in [0.1, 0.15) is 17.2 Å². The van der Waals surface area contributed by atoms with Gasteiger partial charge >= 0.3 is 0 Å². The van der Waals surface area contributed by atoms with Crippen LogP contribution in [0.1, 0.15) is 29.3 Å². The summed E-state index contributed by atoms with van der Waals surface area (Å²) >= 11 is 12.7. The van der Waals surface area contributed by atoms with E-state index >= 15 is 0 Å². The average molecular weight is 487 g/mol. The molecule has 3 aromatic rings. The van der Waals surface area contributed by atoms with Crippen molar-refractivity contribution in [1.82, 2.24) is 9.80 Å². The smallest absolute Gasteiger partial charge is 0.140 e. The second-order valence-electron chi connectivity index (χ2n) is 8.12. The van der Waals surface area contributed by atoms with Gasteiger partial charge in [-0.15, -0.1) is 0 Å². The number of aromatic hydroxyl groups is 1. The lowest BCUT2D eigenvalue weighted by atomic mass is 10.0. The van der Waals surface area contributed by atoms with Crippen LogP contribution in [0.25, 0.3) is 0 Å². The van der Waals surface area contributed by atoms with Crippen LogP contribution in [0.3, 0.4) is 0 Å². The first kappa shape index (κ1) is 23.7. The Kier molecular flexibility index (Phi) is 7.66. The highest BCUT2D eigenvalue weighted by Crippen LogP contribution is 2.42. The second kappa shape index (κ2) is 10.7. The van der Waals surface area contributed by atoms with Crippen molar-refractivity contribution in [2.75, 3.05) is 27.3 Å². The summed E-state index contributed by atoms with van der Waals surface area (Å²) in [6.07, 6.45) is 0.750. The predicted octanol–water partition coefficient (Wildman–Crippen LogP) is 6.12. The van der Waals surface area contributed by atoms with Crippen LogP contribution in [0.2, 0.25) is 10.0 Å². The fourth-order valence-corrected chi connectivity index (χ4v) is 5.07. The number of nitrogens with zero attached hydrogens (tertiary/aromatic N) is 2. The van der Waals surface area contributed by atoms with Crippen molar-refractivity contribution in [3.63, 3.8) is 0 Å². The Balaban J connectivity index is 1.75. The second-order valence-corrected chi connectivity index (χ2v) is 8.96. The molecule has 7 heteroatoms. The molecule has 0 aliphatic carbocycles. The van der Waals surface area contributed by atoms with Crippen LogP contribution in [0.5, 0.6) is 17.2 Å². The molecule has 1 aliphatic rings. The van der Waals surface area contributed by atoms with Crippen LogP contribution < -0.4 is 9.47 Å². The van der Waals surface area contributed by atoms with Crippen molar-refractivity contribution in [2.24, 2.45) is 0 Å². The monoisotopic (exact) mass is 486 g/mol. The lowest BCUT2D eigenvalue weighted by molar-refractivity contribution is -0.0110. The Morgan fingerprint density at radius 2 is 1.36 bits per heavy atom. The summed E-state index contributed by atoms with van der Waals surface area (Å²) in [5, 5.41) is 11.7. The van der Waals surface area contributed by atoms with E-state index in [2.05, 4.69) is 21.9 Å². The fraction of sp³-hybridized carbons (Fsp3) is 0.308. The molecular weight excluding hydrogens is 459 g/mol. The maximum absolute atomic E-state index is 11.0. The van der Waals surface area contributed by atoms with Gasteiger partial charge < -0.3 is 14.6 Å². The normalized spacial score (nSPS) is 15.5. The molecule has 0 atom stereocenters. The minimum absolute atomic E-state index is 0.0584. The van der Waals surface area contributed by atoms with Gasteiger partial charge in [0.2, 0.25) is 0 Å². The maximum Gasteiger partial charge on any atom is 0.140 e. The minimum atomic E-state index is -0.232. The molecular formula is C26H28Cl2N2O3. The van der Waals surface area contributed by atoms with Gasteiger partial charge in [0.15, 0.2) is 0 Å². The van der Waals surface area contributed by atoms with E-state index in [4.69, 9.17) is 32.7 Å². The van der Waals surface area contributed by atoms with Crippen molar-refractivity contribution < 1.29 is 14.6 Å². The number of phenols is 1. The van der Waals surface area contributed by atoms with E-state index in [1.54, 1.807) is 20.3 Å². The number of halogens is 2. The van der Waals surface area contributed by atoms with Crippen LogP contribution in [0.15, 0.2) is 60.7 Å². The molecule has 1 N–H and O–H groups in total. The van der Waals surface area contributed by atoms with E-state index in [9.17, 15) is 5.11 Å². The zero-order valence-corrected chi connectivity index (χ0v) is 20.3. The number of hydrogen-bond donors (Lipinski definition) is 1. The molecule has 3 aromatic carbocycles. The van der Waals surface area contributed by atoms with Gasteiger partial charge in [-0.05, 0) is 30.7 Å². The molecule has 1 fully saturated rings. The lowest BCUT2D eigenvalue weighted by Gasteiger charge is -2.44. The van der Waals surface area contributed by atoms with E-state index in [0.717, 1.165) is 42.1 Å². The fourth-order valence-electron chi connectivity index (χ4n) is 4.56. The van der Waals surface area contributed by atoms with Gasteiger partial charge in [-0.1, -0.05) is 59.6 Å². The number of rotatable bonds is 7. The van der Waals surface area contributed by atoms with Crippen molar-refractivity contribution >= 4 is 23.2 Å². The molecule has 0 saturated carbocycles. The third kappa shape index (κ3) is 5.22. The number of para-hydroxylation sites is 2. The quantitative estimate of drug-likeness (QED) is 0.435. The van der Waals surface area contributed by atoms with E-state index in [1.807, 2.05) is 42.5 Å². The molecule has 0 unspecified atom stereocenters. The molecule has 0 radical (unpaired) electrons. The van der Waals surface area contributed by atoms with E-state index < -0.39 is 0 Å². The van der Waals surface area contributed by atoms with Gasteiger partial charge in [-0.2, -0.15) is 0 Å². The first-order valence-electron chi connectivity index (χ1n) is 10.9. The highest BCUT2D eigenvalue weighted by molar-refractivity contribution is 6.35. The first-order valence-corrected chi connectivity index (χ1v) is 11.7. The number of phenolic OH excluding ortho intramolecular Hbond substituents is 1.